The van der Waals surface area contributed by atoms with Gasteiger partial charge in [-0.2, -0.15) is 0 Å². The lowest BCUT2D eigenvalue weighted by atomic mass is 9.95. The van der Waals surface area contributed by atoms with Crippen molar-refractivity contribution in [1.82, 2.24) is 5.32 Å². The summed E-state index contributed by atoms with van der Waals surface area (Å²) in [5, 5.41) is 12.7. The molecule has 0 unspecified atom stereocenters. The van der Waals surface area contributed by atoms with Crippen LogP contribution in [0.3, 0.4) is 0 Å². The Bertz CT molecular complexity index is 161. The van der Waals surface area contributed by atoms with E-state index < -0.39 is 0 Å². The van der Waals surface area contributed by atoms with Crippen LogP contribution in [-0.2, 0) is 0 Å². The molecule has 16 heavy (non-hydrogen) atoms. The highest BCUT2D eigenvalue weighted by molar-refractivity contribution is 4.66. The molecular formula is C14H31NO. The van der Waals surface area contributed by atoms with Crippen molar-refractivity contribution in [3.63, 3.8) is 0 Å². The van der Waals surface area contributed by atoms with Crippen molar-refractivity contribution in [2.75, 3.05) is 19.7 Å². The summed E-state index contributed by atoms with van der Waals surface area (Å²) in [6.45, 7) is 13.6. The molecule has 0 heterocycles. The van der Waals surface area contributed by atoms with Crippen LogP contribution < -0.4 is 5.32 Å². The Morgan fingerprint density at radius 3 is 2.12 bits per heavy atom. The van der Waals surface area contributed by atoms with E-state index in [1.165, 1.54) is 6.42 Å². The van der Waals surface area contributed by atoms with Gasteiger partial charge in [0.2, 0.25) is 0 Å². The van der Waals surface area contributed by atoms with Crippen molar-refractivity contribution < 1.29 is 5.11 Å². The highest BCUT2D eigenvalue weighted by Crippen LogP contribution is 2.15. The van der Waals surface area contributed by atoms with Gasteiger partial charge in [-0.1, -0.05) is 41.0 Å². The largest absolute Gasteiger partial charge is 0.396 e. The van der Waals surface area contributed by atoms with Crippen LogP contribution in [-0.4, -0.2) is 24.8 Å². The number of aliphatic hydroxyl groups is 1. The SMILES string of the molecule is CC(C)CC[C@H](CO)CCNCC(C)(C)C. The van der Waals surface area contributed by atoms with Gasteiger partial charge in [-0.15, -0.1) is 0 Å². The number of aliphatic hydroxyl groups excluding tert-OH is 1. The molecule has 0 radical (unpaired) electrons. The quantitative estimate of drug-likeness (QED) is 0.627. The second-order valence-corrected chi connectivity index (χ2v) is 6.55. The van der Waals surface area contributed by atoms with E-state index in [1.807, 2.05) is 0 Å². The van der Waals surface area contributed by atoms with Gasteiger partial charge in [0.25, 0.3) is 0 Å². The third-order valence-electron chi connectivity index (χ3n) is 2.80. The fourth-order valence-electron chi connectivity index (χ4n) is 1.67. The van der Waals surface area contributed by atoms with E-state index in [1.54, 1.807) is 0 Å². The van der Waals surface area contributed by atoms with E-state index in [9.17, 15) is 5.11 Å². The van der Waals surface area contributed by atoms with Crippen LogP contribution in [0.15, 0.2) is 0 Å². The van der Waals surface area contributed by atoms with Crippen LogP contribution in [0.1, 0.15) is 53.9 Å². The first-order valence-electron chi connectivity index (χ1n) is 6.66. The molecule has 2 heteroatoms. The fourth-order valence-corrected chi connectivity index (χ4v) is 1.67. The normalized spacial score (nSPS) is 14.4. The summed E-state index contributed by atoms with van der Waals surface area (Å²) in [6, 6.07) is 0. The summed E-state index contributed by atoms with van der Waals surface area (Å²) < 4.78 is 0. The molecular weight excluding hydrogens is 198 g/mol. The Labute approximate surface area is 102 Å². The van der Waals surface area contributed by atoms with E-state index >= 15 is 0 Å². The molecule has 0 saturated heterocycles. The number of rotatable bonds is 8. The molecule has 2 N–H and O–H groups in total. The molecule has 0 aliphatic heterocycles. The molecule has 0 aliphatic rings. The zero-order chi connectivity index (χ0) is 12.6. The molecule has 0 amide bonds. The third-order valence-corrected chi connectivity index (χ3v) is 2.80. The second kappa shape index (κ2) is 8.08. The van der Waals surface area contributed by atoms with E-state index in [4.69, 9.17) is 0 Å². The average molecular weight is 229 g/mol. The minimum Gasteiger partial charge on any atom is -0.396 e. The molecule has 0 spiro atoms. The number of hydrogen-bond acceptors (Lipinski definition) is 2. The summed E-state index contributed by atoms with van der Waals surface area (Å²) in [5.74, 6) is 1.23. The van der Waals surface area contributed by atoms with Gasteiger partial charge in [-0.05, 0) is 43.2 Å². The average Bonchev–Trinajstić information content (AvgIpc) is 2.15. The van der Waals surface area contributed by atoms with Crippen molar-refractivity contribution >= 4 is 0 Å². The van der Waals surface area contributed by atoms with E-state index in [-0.39, 0.29) is 0 Å². The smallest absolute Gasteiger partial charge is 0.0459 e. The minimum atomic E-state index is 0.337. The summed E-state index contributed by atoms with van der Waals surface area (Å²) >= 11 is 0. The first-order chi connectivity index (χ1) is 7.35. The predicted molar refractivity (Wildman–Crippen MR) is 71.6 cm³/mol. The van der Waals surface area contributed by atoms with Crippen molar-refractivity contribution in [1.29, 1.82) is 0 Å². The van der Waals surface area contributed by atoms with Crippen LogP contribution in [0.5, 0.6) is 0 Å². The zero-order valence-corrected chi connectivity index (χ0v) is 11.8. The molecule has 0 fully saturated rings. The van der Waals surface area contributed by atoms with Crippen LogP contribution >= 0.6 is 0 Å². The van der Waals surface area contributed by atoms with E-state index in [0.717, 1.165) is 31.8 Å². The Morgan fingerprint density at radius 1 is 1.06 bits per heavy atom. The summed E-state index contributed by atoms with van der Waals surface area (Å²) in [7, 11) is 0. The molecule has 0 aromatic rings. The fraction of sp³-hybridized carbons (Fsp3) is 1.00. The maximum absolute atomic E-state index is 9.27. The first kappa shape index (κ1) is 15.9. The molecule has 0 saturated carbocycles. The summed E-state index contributed by atoms with van der Waals surface area (Å²) in [4.78, 5) is 0. The van der Waals surface area contributed by atoms with Crippen LogP contribution in [0, 0.1) is 17.3 Å². The molecule has 0 aliphatic carbocycles. The van der Waals surface area contributed by atoms with Crippen molar-refractivity contribution in [2.45, 2.75) is 53.9 Å². The highest BCUT2D eigenvalue weighted by Gasteiger charge is 2.11. The first-order valence-corrected chi connectivity index (χ1v) is 6.66. The standard InChI is InChI=1S/C14H31NO/c1-12(2)6-7-13(10-16)8-9-15-11-14(3,4)5/h12-13,15-16H,6-11H2,1-5H3/t13-/m0/s1. The molecule has 98 valence electrons. The van der Waals surface area contributed by atoms with Gasteiger partial charge in [0, 0.05) is 6.61 Å². The minimum absolute atomic E-state index is 0.337. The van der Waals surface area contributed by atoms with Crippen molar-refractivity contribution in [3.05, 3.63) is 0 Å². The molecule has 1 atom stereocenters. The summed E-state index contributed by atoms with van der Waals surface area (Å²) in [6.07, 6.45) is 3.48. The van der Waals surface area contributed by atoms with Crippen LogP contribution in [0.2, 0.25) is 0 Å². The summed E-state index contributed by atoms with van der Waals surface area (Å²) in [5.41, 5.74) is 0.354. The Morgan fingerprint density at radius 2 is 1.69 bits per heavy atom. The number of hydrogen-bond donors (Lipinski definition) is 2. The van der Waals surface area contributed by atoms with Gasteiger partial charge < -0.3 is 10.4 Å². The lowest BCUT2D eigenvalue weighted by Crippen LogP contribution is -2.29. The van der Waals surface area contributed by atoms with Crippen LogP contribution in [0.25, 0.3) is 0 Å². The molecule has 0 bridgehead atoms. The molecule has 0 aromatic heterocycles. The predicted octanol–water partition coefficient (Wildman–Crippen LogP) is 3.06. The molecule has 0 aromatic carbocycles. The van der Waals surface area contributed by atoms with Gasteiger partial charge in [-0.25, -0.2) is 0 Å². The Balaban J connectivity index is 3.55. The van der Waals surface area contributed by atoms with Gasteiger partial charge in [0.15, 0.2) is 0 Å². The Hall–Kier alpha value is -0.0800. The molecule has 2 nitrogen and oxygen atoms in total. The number of nitrogens with one attached hydrogen (secondary N) is 1. The van der Waals surface area contributed by atoms with Gasteiger partial charge in [0.05, 0.1) is 0 Å². The van der Waals surface area contributed by atoms with Gasteiger partial charge in [0.1, 0.15) is 0 Å². The highest BCUT2D eigenvalue weighted by atomic mass is 16.3. The van der Waals surface area contributed by atoms with Crippen LogP contribution in [0.4, 0.5) is 0 Å². The van der Waals surface area contributed by atoms with E-state index in [2.05, 4.69) is 39.9 Å². The maximum atomic E-state index is 9.27. The van der Waals surface area contributed by atoms with Gasteiger partial charge in [-0.3, -0.25) is 0 Å². The topological polar surface area (TPSA) is 32.3 Å². The monoisotopic (exact) mass is 229 g/mol. The van der Waals surface area contributed by atoms with E-state index in [0.29, 0.717) is 17.9 Å². The van der Waals surface area contributed by atoms with Crippen molar-refractivity contribution in [3.8, 4) is 0 Å². The zero-order valence-electron chi connectivity index (χ0n) is 11.8. The second-order valence-electron chi connectivity index (χ2n) is 6.55. The lowest BCUT2D eigenvalue weighted by molar-refractivity contribution is 0.202. The Kier molecular flexibility index (Phi) is 8.04. The maximum Gasteiger partial charge on any atom is 0.0459 e. The third kappa shape index (κ3) is 10.4. The van der Waals surface area contributed by atoms with Crippen molar-refractivity contribution in [2.24, 2.45) is 17.3 Å². The van der Waals surface area contributed by atoms with Gasteiger partial charge >= 0.3 is 0 Å². The molecule has 0 rings (SSSR count). The lowest BCUT2D eigenvalue weighted by Gasteiger charge is -2.20.